The molecule has 3 N–H and O–H groups in total. The Morgan fingerprint density at radius 2 is 2.57 bits per heavy atom. The lowest BCUT2D eigenvalue weighted by molar-refractivity contribution is -0.124. The summed E-state index contributed by atoms with van der Waals surface area (Å²) in [4.78, 5) is 15.1. The number of nitrogens with two attached hydrogens (primary N) is 1. The van der Waals surface area contributed by atoms with E-state index in [2.05, 4.69) is 15.5 Å². The quantitative estimate of drug-likeness (QED) is 0.654. The maximum absolute atomic E-state index is 11.2. The first-order valence-electron chi connectivity index (χ1n) is 4.47. The normalized spacial score (nSPS) is 12.4. The van der Waals surface area contributed by atoms with Gasteiger partial charge in [-0.25, -0.2) is 0 Å². The molecule has 1 aromatic heterocycles. The van der Waals surface area contributed by atoms with Crippen molar-refractivity contribution in [1.29, 1.82) is 0 Å². The molecule has 14 heavy (non-hydrogen) atoms. The van der Waals surface area contributed by atoms with E-state index in [1.807, 2.05) is 0 Å². The molecule has 6 heteroatoms. The number of carbonyl (C=O) groups is 1. The van der Waals surface area contributed by atoms with Crippen LogP contribution in [0, 0.1) is 5.92 Å². The predicted octanol–water partition coefficient (Wildman–Crippen LogP) is -0.677. The van der Waals surface area contributed by atoms with E-state index in [0.29, 0.717) is 25.4 Å². The van der Waals surface area contributed by atoms with Crippen LogP contribution in [0.2, 0.25) is 0 Å². The van der Waals surface area contributed by atoms with E-state index >= 15 is 0 Å². The molecule has 1 atom stereocenters. The first kappa shape index (κ1) is 10.6. The van der Waals surface area contributed by atoms with Crippen LogP contribution in [0.3, 0.4) is 0 Å². The third-order valence-electron chi connectivity index (χ3n) is 1.85. The van der Waals surface area contributed by atoms with Gasteiger partial charge in [-0.2, -0.15) is 4.98 Å². The van der Waals surface area contributed by atoms with Crippen molar-refractivity contribution < 1.29 is 9.32 Å². The van der Waals surface area contributed by atoms with Crippen LogP contribution in [0.5, 0.6) is 0 Å². The lowest BCUT2D eigenvalue weighted by atomic mass is 10.2. The number of hydrogen-bond acceptors (Lipinski definition) is 5. The summed E-state index contributed by atoms with van der Waals surface area (Å²) >= 11 is 0. The van der Waals surface area contributed by atoms with Crippen molar-refractivity contribution in [1.82, 2.24) is 15.5 Å². The van der Waals surface area contributed by atoms with Crippen LogP contribution in [-0.2, 0) is 11.2 Å². The molecule has 0 spiro atoms. The van der Waals surface area contributed by atoms with E-state index in [1.165, 1.54) is 6.33 Å². The Labute approximate surface area is 81.9 Å². The maximum atomic E-state index is 11.2. The molecule has 1 rings (SSSR count). The van der Waals surface area contributed by atoms with Crippen molar-refractivity contribution in [2.45, 2.75) is 13.3 Å². The van der Waals surface area contributed by atoms with E-state index in [9.17, 15) is 4.79 Å². The van der Waals surface area contributed by atoms with Gasteiger partial charge in [0.2, 0.25) is 11.8 Å². The summed E-state index contributed by atoms with van der Waals surface area (Å²) in [6.45, 7) is 2.62. The predicted molar refractivity (Wildman–Crippen MR) is 49.2 cm³/mol. The first-order chi connectivity index (χ1) is 6.74. The molecular formula is C8H14N4O2. The molecular weight excluding hydrogens is 184 g/mol. The fourth-order valence-corrected chi connectivity index (χ4v) is 0.880. The van der Waals surface area contributed by atoms with Crippen molar-refractivity contribution in [2.75, 3.05) is 13.1 Å². The average molecular weight is 198 g/mol. The summed E-state index contributed by atoms with van der Waals surface area (Å²) in [5.41, 5.74) is 5.34. The number of nitrogens with zero attached hydrogens (tertiary/aromatic N) is 2. The molecule has 1 amide bonds. The summed E-state index contributed by atoms with van der Waals surface area (Å²) in [6, 6.07) is 0. The van der Waals surface area contributed by atoms with Crippen LogP contribution in [0.1, 0.15) is 12.8 Å². The van der Waals surface area contributed by atoms with E-state index < -0.39 is 0 Å². The lowest BCUT2D eigenvalue weighted by Gasteiger charge is -2.08. The number of nitrogens with one attached hydrogen (secondary N) is 1. The zero-order chi connectivity index (χ0) is 10.4. The molecule has 0 saturated heterocycles. The van der Waals surface area contributed by atoms with E-state index in [0.717, 1.165) is 0 Å². The van der Waals surface area contributed by atoms with Gasteiger partial charge in [0.15, 0.2) is 6.33 Å². The fourth-order valence-electron chi connectivity index (χ4n) is 0.880. The minimum atomic E-state index is -0.155. The summed E-state index contributed by atoms with van der Waals surface area (Å²) in [5.74, 6) is 0.315. The summed E-state index contributed by atoms with van der Waals surface area (Å²) in [5, 5.41) is 6.18. The second kappa shape index (κ2) is 5.33. The van der Waals surface area contributed by atoms with E-state index in [1.54, 1.807) is 6.92 Å². The minimum Gasteiger partial charge on any atom is -0.355 e. The van der Waals surface area contributed by atoms with Crippen molar-refractivity contribution in [3.8, 4) is 0 Å². The number of aromatic nitrogens is 2. The van der Waals surface area contributed by atoms with Gasteiger partial charge in [-0.3, -0.25) is 4.79 Å². The van der Waals surface area contributed by atoms with Gasteiger partial charge >= 0.3 is 0 Å². The minimum absolute atomic E-state index is 0.0491. The summed E-state index contributed by atoms with van der Waals surface area (Å²) in [6.07, 6.45) is 1.88. The molecule has 0 aliphatic carbocycles. The standard InChI is InChI=1S/C8H14N4O2/c1-6(4-9)8(13)10-3-2-7-11-5-12-14-7/h5-6H,2-4,9H2,1H3,(H,10,13). The van der Waals surface area contributed by atoms with Crippen molar-refractivity contribution in [3.05, 3.63) is 12.2 Å². The number of amides is 1. The molecule has 1 unspecified atom stereocenters. The van der Waals surface area contributed by atoms with Gasteiger partial charge in [-0.15, -0.1) is 0 Å². The second-order valence-corrected chi connectivity index (χ2v) is 3.01. The molecule has 0 saturated carbocycles. The van der Waals surface area contributed by atoms with E-state index in [4.69, 9.17) is 10.3 Å². The topological polar surface area (TPSA) is 94.0 Å². The van der Waals surface area contributed by atoms with Gasteiger partial charge in [0, 0.05) is 25.4 Å². The highest BCUT2D eigenvalue weighted by Gasteiger charge is 2.09. The summed E-state index contributed by atoms with van der Waals surface area (Å²) < 4.78 is 4.77. The van der Waals surface area contributed by atoms with Gasteiger partial charge in [-0.05, 0) is 0 Å². The van der Waals surface area contributed by atoms with Gasteiger partial charge in [0.25, 0.3) is 0 Å². The highest BCUT2D eigenvalue weighted by Crippen LogP contribution is 1.93. The molecule has 1 heterocycles. The van der Waals surface area contributed by atoms with Gasteiger partial charge in [0.05, 0.1) is 0 Å². The third-order valence-corrected chi connectivity index (χ3v) is 1.85. The Balaban J connectivity index is 2.18. The fraction of sp³-hybridized carbons (Fsp3) is 0.625. The molecule has 0 aromatic carbocycles. The van der Waals surface area contributed by atoms with Crippen LogP contribution in [0.4, 0.5) is 0 Å². The van der Waals surface area contributed by atoms with Crippen LogP contribution < -0.4 is 11.1 Å². The zero-order valence-corrected chi connectivity index (χ0v) is 8.06. The van der Waals surface area contributed by atoms with Crippen LogP contribution in [0.15, 0.2) is 10.9 Å². The Morgan fingerprint density at radius 3 is 3.14 bits per heavy atom. The second-order valence-electron chi connectivity index (χ2n) is 3.01. The molecule has 0 fully saturated rings. The third kappa shape index (κ3) is 3.14. The molecule has 6 nitrogen and oxygen atoms in total. The van der Waals surface area contributed by atoms with Crippen LogP contribution in [-0.4, -0.2) is 29.1 Å². The van der Waals surface area contributed by atoms with Gasteiger partial charge in [0.1, 0.15) is 0 Å². The highest BCUT2D eigenvalue weighted by molar-refractivity contribution is 5.78. The maximum Gasteiger partial charge on any atom is 0.228 e. The smallest absolute Gasteiger partial charge is 0.228 e. The van der Waals surface area contributed by atoms with Gasteiger partial charge in [-0.1, -0.05) is 12.1 Å². The number of carbonyl (C=O) groups excluding carboxylic acids is 1. The molecule has 0 aliphatic heterocycles. The van der Waals surface area contributed by atoms with Crippen LogP contribution >= 0.6 is 0 Å². The Morgan fingerprint density at radius 1 is 1.79 bits per heavy atom. The largest absolute Gasteiger partial charge is 0.355 e. The zero-order valence-electron chi connectivity index (χ0n) is 8.06. The molecule has 1 aromatic rings. The van der Waals surface area contributed by atoms with Crippen molar-refractivity contribution in [3.63, 3.8) is 0 Å². The number of rotatable bonds is 5. The average Bonchev–Trinajstić information content (AvgIpc) is 2.69. The SMILES string of the molecule is CC(CN)C(=O)NCCc1ncno1. The van der Waals surface area contributed by atoms with Crippen LogP contribution in [0.25, 0.3) is 0 Å². The molecule has 0 radical (unpaired) electrons. The Hall–Kier alpha value is -1.43. The van der Waals surface area contributed by atoms with E-state index in [-0.39, 0.29) is 11.8 Å². The molecule has 0 bridgehead atoms. The first-order valence-corrected chi connectivity index (χ1v) is 4.47. The Kier molecular flexibility index (Phi) is 4.06. The summed E-state index contributed by atoms with van der Waals surface area (Å²) in [7, 11) is 0. The monoisotopic (exact) mass is 198 g/mol. The molecule has 0 aliphatic rings. The van der Waals surface area contributed by atoms with Gasteiger partial charge < -0.3 is 15.6 Å². The highest BCUT2D eigenvalue weighted by atomic mass is 16.5. The lowest BCUT2D eigenvalue weighted by Crippen LogP contribution is -2.34. The van der Waals surface area contributed by atoms with Crippen molar-refractivity contribution >= 4 is 5.91 Å². The van der Waals surface area contributed by atoms with Crippen molar-refractivity contribution in [2.24, 2.45) is 11.7 Å². The number of hydrogen-bond donors (Lipinski definition) is 2. The Bertz CT molecular complexity index is 273. The molecule has 78 valence electrons.